The number of nitrogens with one attached hydrogen (secondary N) is 3. The van der Waals surface area contributed by atoms with Crippen LogP contribution >= 0.6 is 0 Å². The second kappa shape index (κ2) is 11.9. The van der Waals surface area contributed by atoms with Crippen molar-refractivity contribution >= 4 is 41.4 Å². The summed E-state index contributed by atoms with van der Waals surface area (Å²) >= 11 is 0. The van der Waals surface area contributed by atoms with Crippen molar-refractivity contribution in [3.63, 3.8) is 0 Å². The number of aliphatic carboxylic acids is 1. The number of hydrogen-bond acceptors (Lipinski definition) is 8. The Balaban J connectivity index is 4.94. The summed E-state index contributed by atoms with van der Waals surface area (Å²) in [6, 6.07) is -4.58. The van der Waals surface area contributed by atoms with Crippen molar-refractivity contribution in [2.75, 3.05) is 6.54 Å². The zero-order valence-electron chi connectivity index (χ0n) is 15.2. The van der Waals surface area contributed by atoms with Crippen LogP contribution in [0, 0.1) is 0 Å². The molecule has 0 aromatic rings. The second-order valence-electron chi connectivity index (χ2n) is 5.86. The van der Waals surface area contributed by atoms with Gasteiger partial charge < -0.3 is 44.0 Å². The molecule has 12 N–H and O–H groups in total. The van der Waals surface area contributed by atoms with E-state index < -0.39 is 85.3 Å². The van der Waals surface area contributed by atoms with Crippen molar-refractivity contribution in [3.05, 3.63) is 0 Å². The lowest BCUT2D eigenvalue weighted by Crippen LogP contribution is -2.55. The largest absolute Gasteiger partial charge is 0.480 e. The summed E-state index contributed by atoms with van der Waals surface area (Å²) in [4.78, 5) is 79.5. The summed E-state index contributed by atoms with van der Waals surface area (Å²) in [7, 11) is 0. The first-order valence-corrected chi connectivity index (χ1v) is 8.04. The van der Waals surface area contributed by atoms with Gasteiger partial charge in [0, 0.05) is 0 Å². The molecule has 0 aliphatic carbocycles. The normalized spacial score (nSPS) is 13.3. The third-order valence-electron chi connectivity index (χ3n) is 3.26. The topological polar surface area (TPSA) is 280 Å². The maximum atomic E-state index is 12.2. The van der Waals surface area contributed by atoms with Crippen molar-refractivity contribution in [1.29, 1.82) is 0 Å². The van der Waals surface area contributed by atoms with Crippen LogP contribution in [-0.4, -0.2) is 71.2 Å². The Kier molecular flexibility index (Phi) is 10.3. The summed E-state index contributed by atoms with van der Waals surface area (Å²) in [5.74, 6) is -7.36. The molecule has 0 saturated heterocycles. The summed E-state index contributed by atoms with van der Waals surface area (Å²) in [5, 5.41) is 15.1. The van der Waals surface area contributed by atoms with E-state index in [0.29, 0.717) is 0 Å². The fraction of sp³-hybridized carbons (Fsp3) is 0.500. The number of carboxylic acids is 1. The van der Waals surface area contributed by atoms with Crippen molar-refractivity contribution < 1.29 is 38.7 Å². The minimum atomic E-state index is -1.70. The highest BCUT2D eigenvalue weighted by atomic mass is 16.4. The van der Waals surface area contributed by atoms with E-state index in [1.54, 1.807) is 0 Å². The molecule has 0 aliphatic heterocycles. The minimum absolute atomic E-state index is 0.462. The van der Waals surface area contributed by atoms with Gasteiger partial charge in [-0.3, -0.25) is 28.8 Å². The molecular weight excluding hydrogens is 394 g/mol. The predicted molar refractivity (Wildman–Crippen MR) is 93.9 cm³/mol. The molecule has 0 aromatic heterocycles. The van der Waals surface area contributed by atoms with Gasteiger partial charge in [-0.2, -0.15) is 0 Å². The molecular formula is C14H23N7O8. The van der Waals surface area contributed by atoms with Gasteiger partial charge >= 0.3 is 5.97 Å². The number of carboxylic acid groups (broad SMARTS) is 1. The molecule has 0 spiro atoms. The van der Waals surface area contributed by atoms with Crippen molar-refractivity contribution in [1.82, 2.24) is 16.0 Å². The summed E-state index contributed by atoms with van der Waals surface area (Å²) in [6.07, 6.45) is -1.89. The molecule has 0 radical (unpaired) electrons. The molecule has 162 valence electrons. The number of nitrogens with two attached hydrogens (primary N) is 4. The second-order valence-corrected chi connectivity index (χ2v) is 5.86. The van der Waals surface area contributed by atoms with Crippen molar-refractivity contribution in [2.24, 2.45) is 22.9 Å². The third kappa shape index (κ3) is 10.9. The highest BCUT2D eigenvalue weighted by molar-refractivity contribution is 5.96. The van der Waals surface area contributed by atoms with Crippen LogP contribution in [0.25, 0.3) is 0 Å². The lowest BCUT2D eigenvalue weighted by molar-refractivity contribution is -0.143. The number of amides is 6. The molecule has 0 fully saturated rings. The van der Waals surface area contributed by atoms with E-state index in [9.17, 15) is 33.6 Å². The predicted octanol–water partition coefficient (Wildman–Crippen LogP) is -5.89. The van der Waals surface area contributed by atoms with Gasteiger partial charge in [0.2, 0.25) is 35.4 Å². The third-order valence-corrected chi connectivity index (χ3v) is 3.26. The van der Waals surface area contributed by atoms with Crippen LogP contribution in [-0.2, 0) is 33.6 Å². The molecule has 6 amide bonds. The molecule has 0 saturated carbocycles. The van der Waals surface area contributed by atoms with E-state index in [0.717, 1.165) is 0 Å². The smallest absolute Gasteiger partial charge is 0.326 e. The SMILES string of the molecule is NC(=O)C[C@H](NC(=O)[C@H](CC(N)=O)NC(=O)CNC(=O)[C@@H](N)CC(N)=O)C(=O)O. The molecule has 3 atom stereocenters. The first kappa shape index (κ1) is 25.2. The van der Waals surface area contributed by atoms with Gasteiger partial charge in [-0.05, 0) is 0 Å². The number of carbonyl (C=O) groups excluding carboxylic acids is 6. The zero-order chi connectivity index (χ0) is 22.7. The van der Waals surface area contributed by atoms with Crippen LogP contribution in [0.2, 0.25) is 0 Å². The highest BCUT2D eigenvalue weighted by Gasteiger charge is 2.29. The molecule has 0 rings (SSSR count). The molecule has 0 bridgehead atoms. The van der Waals surface area contributed by atoms with E-state index in [4.69, 9.17) is 28.0 Å². The van der Waals surface area contributed by atoms with Crippen molar-refractivity contribution in [2.45, 2.75) is 37.4 Å². The molecule has 0 aromatic carbocycles. The van der Waals surface area contributed by atoms with Gasteiger partial charge in [0.15, 0.2) is 0 Å². The fourth-order valence-electron chi connectivity index (χ4n) is 1.94. The summed E-state index contributed by atoms with van der Waals surface area (Å²) in [6.45, 7) is -0.683. The maximum absolute atomic E-state index is 12.2. The van der Waals surface area contributed by atoms with E-state index in [-0.39, 0.29) is 0 Å². The first-order chi connectivity index (χ1) is 13.3. The van der Waals surface area contributed by atoms with Gasteiger partial charge in [-0.25, -0.2) is 4.79 Å². The van der Waals surface area contributed by atoms with Gasteiger partial charge in [0.1, 0.15) is 12.1 Å². The van der Waals surface area contributed by atoms with E-state index >= 15 is 0 Å². The van der Waals surface area contributed by atoms with Crippen LogP contribution in [0.4, 0.5) is 0 Å². The number of carbonyl (C=O) groups is 7. The molecule has 0 aliphatic rings. The Labute approximate surface area is 163 Å². The number of primary amides is 3. The number of rotatable bonds is 13. The van der Waals surface area contributed by atoms with Gasteiger partial charge in [0.05, 0.1) is 31.8 Å². The zero-order valence-corrected chi connectivity index (χ0v) is 15.2. The molecule has 15 heteroatoms. The fourth-order valence-corrected chi connectivity index (χ4v) is 1.94. The Hall–Kier alpha value is -3.75. The Morgan fingerprint density at radius 1 is 0.724 bits per heavy atom. The lowest BCUT2D eigenvalue weighted by Gasteiger charge is -2.20. The van der Waals surface area contributed by atoms with Crippen LogP contribution in [0.5, 0.6) is 0 Å². The standard InChI is InChI=1S/C14H23N7O8/c15-5(1-8(16)22)12(26)19-4-11(25)20-6(2-9(17)23)13(27)21-7(14(28)29)3-10(18)24/h5-7H,1-4,15H2,(H2,16,22)(H2,17,23)(H2,18,24)(H,19,26)(H,20,25)(H,21,27)(H,28,29)/t5-,6-,7-/m0/s1. The Morgan fingerprint density at radius 3 is 1.66 bits per heavy atom. The molecule has 0 unspecified atom stereocenters. The Morgan fingerprint density at radius 2 is 1.21 bits per heavy atom. The monoisotopic (exact) mass is 417 g/mol. The van der Waals surface area contributed by atoms with E-state index in [1.165, 1.54) is 0 Å². The summed E-state index contributed by atoms with van der Waals surface area (Å²) < 4.78 is 0. The lowest BCUT2D eigenvalue weighted by atomic mass is 10.1. The quantitative estimate of drug-likeness (QED) is 0.141. The average molecular weight is 417 g/mol. The Bertz CT molecular complexity index is 695. The molecule has 29 heavy (non-hydrogen) atoms. The number of hydrogen-bond donors (Lipinski definition) is 8. The van der Waals surface area contributed by atoms with Crippen LogP contribution < -0.4 is 38.9 Å². The van der Waals surface area contributed by atoms with Gasteiger partial charge in [-0.15, -0.1) is 0 Å². The van der Waals surface area contributed by atoms with E-state index in [1.807, 2.05) is 5.32 Å². The average Bonchev–Trinajstić information content (AvgIpc) is 2.56. The highest BCUT2D eigenvalue weighted by Crippen LogP contribution is 1.98. The molecule has 0 heterocycles. The minimum Gasteiger partial charge on any atom is -0.480 e. The first-order valence-electron chi connectivity index (χ1n) is 8.04. The van der Waals surface area contributed by atoms with Crippen LogP contribution in [0.1, 0.15) is 19.3 Å². The van der Waals surface area contributed by atoms with Crippen LogP contribution in [0.15, 0.2) is 0 Å². The summed E-state index contributed by atoms with van der Waals surface area (Å²) in [5.41, 5.74) is 20.2. The molecule has 15 nitrogen and oxygen atoms in total. The van der Waals surface area contributed by atoms with E-state index in [2.05, 4.69) is 10.6 Å². The van der Waals surface area contributed by atoms with Crippen LogP contribution in [0.3, 0.4) is 0 Å². The van der Waals surface area contributed by atoms with Crippen molar-refractivity contribution in [3.8, 4) is 0 Å². The van der Waals surface area contributed by atoms with Gasteiger partial charge in [0.25, 0.3) is 0 Å². The van der Waals surface area contributed by atoms with Gasteiger partial charge in [-0.1, -0.05) is 0 Å². The maximum Gasteiger partial charge on any atom is 0.326 e.